The molecule has 0 bridgehead atoms. The Bertz CT molecular complexity index is 624. The highest BCUT2D eigenvalue weighted by molar-refractivity contribution is 5.81. The fraction of sp³-hybridized carbons (Fsp3) is 0.231. The van der Waals surface area contributed by atoms with E-state index in [1.54, 1.807) is 0 Å². The van der Waals surface area contributed by atoms with Crippen molar-refractivity contribution >= 4 is 11.0 Å². The lowest BCUT2D eigenvalue weighted by Crippen LogP contribution is -2.12. The van der Waals surface area contributed by atoms with E-state index in [4.69, 9.17) is 8.94 Å². The first-order chi connectivity index (χ1) is 8.86. The van der Waals surface area contributed by atoms with E-state index in [0.717, 1.165) is 17.5 Å². The molecule has 0 saturated heterocycles. The van der Waals surface area contributed by atoms with Crippen LogP contribution in [0.15, 0.2) is 39.3 Å². The van der Waals surface area contributed by atoms with Crippen molar-refractivity contribution in [3.05, 3.63) is 36.2 Å². The van der Waals surface area contributed by atoms with Crippen LogP contribution >= 0.6 is 0 Å². The molecule has 92 valence electrons. The molecule has 3 aromatic rings. The maximum atomic E-state index is 5.66. The number of para-hydroxylation sites is 1. The summed E-state index contributed by atoms with van der Waals surface area (Å²) in [6, 6.07) is 9.69. The van der Waals surface area contributed by atoms with Gasteiger partial charge in [0, 0.05) is 5.39 Å². The van der Waals surface area contributed by atoms with E-state index in [9.17, 15) is 0 Å². The summed E-state index contributed by atoms with van der Waals surface area (Å²) in [5.74, 6) is 1.65. The Labute approximate surface area is 104 Å². The van der Waals surface area contributed by atoms with E-state index < -0.39 is 0 Å². The number of rotatable bonds is 4. The van der Waals surface area contributed by atoms with Gasteiger partial charge in [0.05, 0.1) is 6.54 Å². The molecule has 0 unspecified atom stereocenters. The van der Waals surface area contributed by atoms with Gasteiger partial charge in [0.2, 0.25) is 0 Å². The maximum absolute atomic E-state index is 5.66. The number of benzene rings is 1. The minimum atomic E-state index is 0.416. The fourth-order valence-electron chi connectivity index (χ4n) is 1.75. The minimum absolute atomic E-state index is 0.416. The van der Waals surface area contributed by atoms with Crippen LogP contribution in [-0.4, -0.2) is 16.7 Å². The standard InChI is InChI=1S/C13H13N3O2/c1-2-14-8-12-15-13(18-16-12)11-7-9-5-3-4-6-10(9)17-11/h3-7,14H,2,8H2,1H3. The van der Waals surface area contributed by atoms with Crippen molar-refractivity contribution in [3.63, 3.8) is 0 Å². The molecule has 5 nitrogen and oxygen atoms in total. The normalized spacial score (nSPS) is 11.2. The van der Waals surface area contributed by atoms with Gasteiger partial charge >= 0.3 is 0 Å². The second-order valence-electron chi connectivity index (χ2n) is 3.94. The molecule has 0 aliphatic rings. The first kappa shape index (κ1) is 11.0. The molecule has 18 heavy (non-hydrogen) atoms. The number of hydrogen-bond acceptors (Lipinski definition) is 5. The average Bonchev–Trinajstić information content (AvgIpc) is 3.02. The van der Waals surface area contributed by atoms with Crippen molar-refractivity contribution in [2.45, 2.75) is 13.5 Å². The van der Waals surface area contributed by atoms with Crippen LogP contribution in [0.2, 0.25) is 0 Å². The first-order valence-corrected chi connectivity index (χ1v) is 5.89. The highest BCUT2D eigenvalue weighted by Crippen LogP contribution is 2.26. The summed E-state index contributed by atoms with van der Waals surface area (Å²) in [5.41, 5.74) is 0.818. The third kappa shape index (κ3) is 2.00. The summed E-state index contributed by atoms with van der Waals surface area (Å²) in [4.78, 5) is 4.28. The molecule has 0 fully saturated rings. The van der Waals surface area contributed by atoms with E-state index >= 15 is 0 Å². The van der Waals surface area contributed by atoms with Crippen molar-refractivity contribution in [1.29, 1.82) is 0 Å². The van der Waals surface area contributed by atoms with E-state index in [-0.39, 0.29) is 0 Å². The van der Waals surface area contributed by atoms with Gasteiger partial charge in [-0.2, -0.15) is 4.98 Å². The maximum Gasteiger partial charge on any atom is 0.293 e. The third-order valence-corrected chi connectivity index (χ3v) is 2.64. The topological polar surface area (TPSA) is 64.1 Å². The number of nitrogens with one attached hydrogen (secondary N) is 1. The molecule has 2 aromatic heterocycles. The lowest BCUT2D eigenvalue weighted by Gasteiger charge is -1.92. The van der Waals surface area contributed by atoms with Gasteiger partial charge in [-0.15, -0.1) is 0 Å². The van der Waals surface area contributed by atoms with Crippen LogP contribution in [-0.2, 0) is 6.54 Å². The van der Waals surface area contributed by atoms with Gasteiger partial charge in [-0.25, -0.2) is 0 Å². The molecule has 0 aliphatic heterocycles. The minimum Gasteiger partial charge on any atom is -0.451 e. The zero-order chi connectivity index (χ0) is 12.4. The SMILES string of the molecule is CCNCc1noc(-c2cc3ccccc3o2)n1. The summed E-state index contributed by atoms with van der Waals surface area (Å²) < 4.78 is 10.8. The van der Waals surface area contributed by atoms with Gasteiger partial charge < -0.3 is 14.3 Å². The van der Waals surface area contributed by atoms with Crippen LogP contribution in [0.3, 0.4) is 0 Å². The lowest BCUT2D eigenvalue weighted by molar-refractivity contribution is 0.409. The molecule has 0 atom stereocenters. The summed E-state index contributed by atoms with van der Waals surface area (Å²) in [6.07, 6.45) is 0. The number of furan rings is 1. The van der Waals surface area contributed by atoms with E-state index in [0.29, 0.717) is 24.0 Å². The molecule has 3 rings (SSSR count). The number of nitrogens with zero attached hydrogens (tertiary/aromatic N) is 2. The average molecular weight is 243 g/mol. The van der Waals surface area contributed by atoms with Gasteiger partial charge in [-0.3, -0.25) is 0 Å². The second-order valence-corrected chi connectivity index (χ2v) is 3.94. The van der Waals surface area contributed by atoms with Gasteiger partial charge in [-0.05, 0) is 18.7 Å². The molecule has 1 aromatic carbocycles. The number of fused-ring (bicyclic) bond motifs is 1. The van der Waals surface area contributed by atoms with Crippen LogP contribution in [0.4, 0.5) is 0 Å². The van der Waals surface area contributed by atoms with Crippen LogP contribution < -0.4 is 5.32 Å². The highest BCUT2D eigenvalue weighted by atomic mass is 16.5. The summed E-state index contributed by atoms with van der Waals surface area (Å²) in [5, 5.41) is 8.06. The summed E-state index contributed by atoms with van der Waals surface area (Å²) >= 11 is 0. The van der Waals surface area contributed by atoms with Gasteiger partial charge in [0.1, 0.15) is 5.58 Å². The van der Waals surface area contributed by atoms with Crippen LogP contribution in [0.25, 0.3) is 22.6 Å². The van der Waals surface area contributed by atoms with Gasteiger partial charge in [0.25, 0.3) is 5.89 Å². The zero-order valence-electron chi connectivity index (χ0n) is 10.0. The Morgan fingerprint density at radius 3 is 3.00 bits per heavy atom. The molecule has 1 N–H and O–H groups in total. The monoisotopic (exact) mass is 243 g/mol. The number of aromatic nitrogens is 2. The Balaban J connectivity index is 1.91. The Morgan fingerprint density at radius 2 is 2.17 bits per heavy atom. The summed E-state index contributed by atoms with van der Waals surface area (Å²) in [6.45, 7) is 3.50. The summed E-state index contributed by atoms with van der Waals surface area (Å²) in [7, 11) is 0. The molecule has 0 radical (unpaired) electrons. The van der Waals surface area contributed by atoms with Crippen molar-refractivity contribution in [2.24, 2.45) is 0 Å². The van der Waals surface area contributed by atoms with Crippen LogP contribution in [0, 0.1) is 0 Å². The lowest BCUT2D eigenvalue weighted by atomic mass is 10.2. The molecule has 0 aliphatic carbocycles. The largest absolute Gasteiger partial charge is 0.451 e. The Morgan fingerprint density at radius 1 is 1.28 bits per heavy atom. The predicted molar refractivity (Wildman–Crippen MR) is 66.9 cm³/mol. The molecule has 0 spiro atoms. The smallest absolute Gasteiger partial charge is 0.293 e. The molecular weight excluding hydrogens is 230 g/mol. The predicted octanol–water partition coefficient (Wildman–Crippen LogP) is 2.59. The first-order valence-electron chi connectivity index (χ1n) is 5.89. The molecule has 5 heteroatoms. The van der Waals surface area contributed by atoms with Crippen molar-refractivity contribution < 1.29 is 8.94 Å². The van der Waals surface area contributed by atoms with Gasteiger partial charge in [0.15, 0.2) is 11.6 Å². The molecular formula is C13H13N3O2. The van der Waals surface area contributed by atoms with Crippen LogP contribution in [0.1, 0.15) is 12.7 Å². The van der Waals surface area contributed by atoms with Crippen molar-refractivity contribution in [1.82, 2.24) is 15.5 Å². The van der Waals surface area contributed by atoms with Crippen molar-refractivity contribution in [3.8, 4) is 11.7 Å². The van der Waals surface area contributed by atoms with E-state index in [2.05, 4.69) is 15.5 Å². The van der Waals surface area contributed by atoms with E-state index in [1.165, 1.54) is 0 Å². The molecule has 0 amide bonds. The Kier molecular flexibility index (Phi) is 2.82. The quantitative estimate of drug-likeness (QED) is 0.763. The molecule has 2 heterocycles. The second kappa shape index (κ2) is 4.62. The van der Waals surface area contributed by atoms with Gasteiger partial charge in [-0.1, -0.05) is 30.3 Å². The highest BCUT2D eigenvalue weighted by Gasteiger charge is 2.13. The fourth-order valence-corrected chi connectivity index (χ4v) is 1.75. The Hall–Kier alpha value is -2.14. The third-order valence-electron chi connectivity index (χ3n) is 2.64. The zero-order valence-corrected chi connectivity index (χ0v) is 10.0. The molecule has 0 saturated carbocycles. The van der Waals surface area contributed by atoms with Crippen molar-refractivity contribution in [2.75, 3.05) is 6.54 Å². The number of hydrogen-bond donors (Lipinski definition) is 1. The van der Waals surface area contributed by atoms with Crippen LogP contribution in [0.5, 0.6) is 0 Å². The van der Waals surface area contributed by atoms with E-state index in [1.807, 2.05) is 37.3 Å².